The Morgan fingerprint density at radius 3 is 2.36 bits per heavy atom. The summed E-state index contributed by atoms with van der Waals surface area (Å²) >= 11 is 0. The zero-order valence-electron chi connectivity index (χ0n) is 15.9. The topological polar surface area (TPSA) is 81.7 Å². The predicted octanol–water partition coefficient (Wildman–Crippen LogP) is 4.10. The Morgan fingerprint density at radius 1 is 0.821 bits per heavy atom. The van der Waals surface area contributed by atoms with Crippen LogP contribution in [0.4, 0.5) is 17.1 Å². The van der Waals surface area contributed by atoms with E-state index in [0.29, 0.717) is 22.9 Å². The Bertz CT molecular complexity index is 975. The van der Waals surface area contributed by atoms with Crippen molar-refractivity contribution < 1.29 is 19.0 Å². The molecule has 0 aliphatic carbocycles. The van der Waals surface area contributed by atoms with Crippen molar-refractivity contribution >= 4 is 23.0 Å². The Kier molecular flexibility index (Phi) is 5.96. The number of hydrogen-bond donors (Lipinski definition) is 2. The number of hydrogen-bond acceptors (Lipinski definition) is 6. The van der Waals surface area contributed by atoms with Crippen LogP contribution in [0, 0.1) is 0 Å². The van der Waals surface area contributed by atoms with E-state index in [9.17, 15) is 4.79 Å². The van der Waals surface area contributed by atoms with Gasteiger partial charge in [-0.3, -0.25) is 9.78 Å². The summed E-state index contributed by atoms with van der Waals surface area (Å²) in [5.41, 5.74) is 2.43. The van der Waals surface area contributed by atoms with Crippen LogP contribution in [0.1, 0.15) is 10.5 Å². The minimum Gasteiger partial charge on any atom is -0.497 e. The van der Waals surface area contributed by atoms with Gasteiger partial charge in [0.15, 0.2) is 11.5 Å². The third-order valence-electron chi connectivity index (χ3n) is 3.99. The van der Waals surface area contributed by atoms with Gasteiger partial charge in [-0.1, -0.05) is 6.07 Å². The van der Waals surface area contributed by atoms with Gasteiger partial charge in [-0.15, -0.1) is 0 Å². The van der Waals surface area contributed by atoms with E-state index in [0.717, 1.165) is 11.4 Å². The lowest BCUT2D eigenvalue weighted by molar-refractivity contribution is 0.102. The molecule has 3 rings (SSSR count). The molecule has 0 spiro atoms. The smallest absolute Gasteiger partial charge is 0.274 e. The van der Waals surface area contributed by atoms with Crippen molar-refractivity contribution in [2.45, 2.75) is 0 Å². The van der Waals surface area contributed by atoms with Crippen molar-refractivity contribution in [3.63, 3.8) is 0 Å². The Hall–Kier alpha value is -3.74. The number of anilines is 3. The molecule has 1 amide bonds. The first-order valence-corrected chi connectivity index (χ1v) is 8.53. The zero-order valence-corrected chi connectivity index (χ0v) is 15.9. The van der Waals surface area contributed by atoms with Crippen LogP contribution in [0.25, 0.3) is 0 Å². The number of amides is 1. The molecule has 144 valence electrons. The third kappa shape index (κ3) is 4.50. The van der Waals surface area contributed by atoms with Crippen LogP contribution in [-0.4, -0.2) is 32.2 Å². The molecule has 0 aliphatic rings. The second-order valence-electron chi connectivity index (χ2n) is 5.81. The first-order chi connectivity index (χ1) is 13.6. The summed E-state index contributed by atoms with van der Waals surface area (Å²) in [7, 11) is 4.74. The fourth-order valence-corrected chi connectivity index (χ4v) is 2.61. The van der Waals surface area contributed by atoms with Crippen molar-refractivity contribution in [3.8, 4) is 17.2 Å². The molecule has 0 atom stereocenters. The van der Waals surface area contributed by atoms with Crippen molar-refractivity contribution in [1.82, 2.24) is 4.98 Å². The number of nitrogens with zero attached hydrogens (tertiary/aromatic N) is 1. The molecule has 2 aromatic carbocycles. The summed E-state index contributed by atoms with van der Waals surface area (Å²) in [6.45, 7) is 0. The van der Waals surface area contributed by atoms with Crippen molar-refractivity contribution in [2.75, 3.05) is 32.0 Å². The molecule has 0 unspecified atom stereocenters. The number of ether oxygens (including phenoxy) is 3. The summed E-state index contributed by atoms with van der Waals surface area (Å²) in [5, 5.41) is 6.04. The van der Waals surface area contributed by atoms with E-state index in [2.05, 4.69) is 15.6 Å². The maximum atomic E-state index is 12.5. The SMILES string of the molecule is COc1cccc(NC(=O)c2cc(Nc3ccc(OC)c(OC)c3)ccn2)c1. The summed E-state index contributed by atoms with van der Waals surface area (Å²) in [4.78, 5) is 16.7. The van der Waals surface area contributed by atoms with Gasteiger partial charge in [0, 0.05) is 35.4 Å². The molecular weight excluding hydrogens is 358 g/mol. The van der Waals surface area contributed by atoms with E-state index < -0.39 is 0 Å². The molecule has 0 aliphatic heterocycles. The lowest BCUT2D eigenvalue weighted by Gasteiger charge is -2.12. The highest BCUT2D eigenvalue weighted by Gasteiger charge is 2.10. The standard InChI is InChI=1S/C21H21N3O4/c1-26-17-6-4-5-14(11-17)24-21(25)18-12-16(9-10-22-18)23-15-7-8-19(27-2)20(13-15)28-3/h4-13H,1-3H3,(H,22,23)(H,24,25). The number of nitrogens with one attached hydrogen (secondary N) is 2. The quantitative estimate of drug-likeness (QED) is 0.643. The predicted molar refractivity (Wildman–Crippen MR) is 108 cm³/mol. The Morgan fingerprint density at radius 2 is 1.61 bits per heavy atom. The number of methoxy groups -OCH3 is 3. The zero-order chi connectivity index (χ0) is 19.9. The fourth-order valence-electron chi connectivity index (χ4n) is 2.61. The van der Waals surface area contributed by atoms with E-state index in [4.69, 9.17) is 14.2 Å². The molecule has 3 aromatic rings. The Labute approximate surface area is 163 Å². The monoisotopic (exact) mass is 379 g/mol. The molecule has 0 radical (unpaired) electrons. The maximum Gasteiger partial charge on any atom is 0.274 e. The van der Waals surface area contributed by atoms with Crippen LogP contribution in [-0.2, 0) is 0 Å². The number of aromatic nitrogens is 1. The normalized spacial score (nSPS) is 10.1. The largest absolute Gasteiger partial charge is 0.497 e. The van der Waals surface area contributed by atoms with Crippen molar-refractivity contribution in [3.05, 3.63) is 66.5 Å². The van der Waals surface area contributed by atoms with Gasteiger partial charge < -0.3 is 24.8 Å². The van der Waals surface area contributed by atoms with E-state index >= 15 is 0 Å². The van der Waals surface area contributed by atoms with Crippen molar-refractivity contribution in [1.29, 1.82) is 0 Å². The van der Waals surface area contributed by atoms with Gasteiger partial charge in [0.2, 0.25) is 0 Å². The second-order valence-corrected chi connectivity index (χ2v) is 5.81. The lowest BCUT2D eigenvalue weighted by Crippen LogP contribution is -2.13. The summed E-state index contributed by atoms with van der Waals surface area (Å²) in [5.74, 6) is 1.59. The first-order valence-electron chi connectivity index (χ1n) is 8.53. The van der Waals surface area contributed by atoms with Crippen LogP contribution in [0.15, 0.2) is 60.8 Å². The molecule has 0 saturated carbocycles. The lowest BCUT2D eigenvalue weighted by atomic mass is 10.2. The van der Waals surface area contributed by atoms with Gasteiger partial charge in [-0.25, -0.2) is 0 Å². The molecule has 7 nitrogen and oxygen atoms in total. The molecular formula is C21H21N3O4. The van der Waals surface area contributed by atoms with Crippen LogP contribution >= 0.6 is 0 Å². The van der Waals surface area contributed by atoms with E-state index in [1.54, 1.807) is 63.9 Å². The highest BCUT2D eigenvalue weighted by molar-refractivity contribution is 6.03. The average molecular weight is 379 g/mol. The van der Waals surface area contributed by atoms with Gasteiger partial charge in [-0.05, 0) is 36.4 Å². The Balaban J connectivity index is 1.75. The molecule has 28 heavy (non-hydrogen) atoms. The summed E-state index contributed by atoms with van der Waals surface area (Å²) in [6.07, 6.45) is 1.57. The third-order valence-corrected chi connectivity index (χ3v) is 3.99. The van der Waals surface area contributed by atoms with Crippen LogP contribution in [0.2, 0.25) is 0 Å². The van der Waals surface area contributed by atoms with Gasteiger partial charge in [0.25, 0.3) is 5.91 Å². The van der Waals surface area contributed by atoms with E-state index in [-0.39, 0.29) is 11.6 Å². The van der Waals surface area contributed by atoms with E-state index in [1.165, 1.54) is 0 Å². The number of rotatable bonds is 7. The number of carbonyl (C=O) groups excluding carboxylic acids is 1. The number of carbonyl (C=O) groups is 1. The van der Waals surface area contributed by atoms with Gasteiger partial charge in [0.1, 0.15) is 11.4 Å². The highest BCUT2D eigenvalue weighted by Crippen LogP contribution is 2.31. The summed E-state index contributed by atoms with van der Waals surface area (Å²) < 4.78 is 15.7. The van der Waals surface area contributed by atoms with Crippen LogP contribution < -0.4 is 24.8 Å². The molecule has 0 bridgehead atoms. The number of pyridine rings is 1. The maximum absolute atomic E-state index is 12.5. The molecule has 1 aromatic heterocycles. The molecule has 7 heteroatoms. The van der Waals surface area contributed by atoms with Crippen molar-refractivity contribution in [2.24, 2.45) is 0 Å². The summed E-state index contributed by atoms with van der Waals surface area (Å²) in [6, 6.07) is 16.1. The van der Waals surface area contributed by atoms with Crippen LogP contribution in [0.5, 0.6) is 17.2 Å². The van der Waals surface area contributed by atoms with Gasteiger partial charge in [0.05, 0.1) is 21.3 Å². The van der Waals surface area contributed by atoms with Crippen LogP contribution in [0.3, 0.4) is 0 Å². The van der Waals surface area contributed by atoms with Gasteiger partial charge in [-0.2, -0.15) is 0 Å². The molecule has 0 fully saturated rings. The first kappa shape index (κ1) is 19.0. The molecule has 2 N–H and O–H groups in total. The number of benzene rings is 2. The minimum atomic E-state index is -0.316. The second kappa shape index (κ2) is 8.77. The molecule has 1 heterocycles. The van der Waals surface area contributed by atoms with Gasteiger partial charge >= 0.3 is 0 Å². The minimum absolute atomic E-state index is 0.285. The highest BCUT2D eigenvalue weighted by atomic mass is 16.5. The molecule has 0 saturated heterocycles. The van der Waals surface area contributed by atoms with E-state index in [1.807, 2.05) is 18.2 Å². The fraction of sp³-hybridized carbons (Fsp3) is 0.143. The average Bonchev–Trinajstić information content (AvgIpc) is 2.74.